The molecule has 0 N–H and O–H groups in total. The molecule has 2 aromatic carbocycles. The second-order valence-electron chi connectivity index (χ2n) is 5.97. The molecular weight excluding hydrogens is 286 g/mol. The maximum Gasteiger partial charge on any atom is 0.253 e. The lowest BCUT2D eigenvalue weighted by molar-refractivity contribution is 0.0763. The molecule has 0 radical (unpaired) electrons. The smallest absolute Gasteiger partial charge is 0.253 e. The van der Waals surface area contributed by atoms with Crippen molar-refractivity contribution in [1.82, 2.24) is 4.90 Å². The third kappa shape index (κ3) is 3.39. The van der Waals surface area contributed by atoms with Gasteiger partial charge in [0.1, 0.15) is 5.75 Å². The van der Waals surface area contributed by atoms with Gasteiger partial charge < -0.3 is 9.64 Å². The molecule has 0 aromatic heterocycles. The van der Waals surface area contributed by atoms with Crippen molar-refractivity contribution < 1.29 is 9.53 Å². The summed E-state index contributed by atoms with van der Waals surface area (Å²) in [4.78, 5) is 14.8. The third-order valence-corrected chi connectivity index (χ3v) is 4.43. The van der Waals surface area contributed by atoms with Crippen LogP contribution in [0.15, 0.2) is 42.5 Å². The molecule has 1 aliphatic rings. The Morgan fingerprint density at radius 2 is 1.74 bits per heavy atom. The van der Waals surface area contributed by atoms with E-state index in [1.807, 2.05) is 36.9 Å². The maximum absolute atomic E-state index is 12.8. The van der Waals surface area contributed by atoms with Gasteiger partial charge in [-0.2, -0.15) is 0 Å². The number of nitrogens with zero attached hydrogens (tertiary/aromatic N) is 1. The van der Waals surface area contributed by atoms with E-state index in [4.69, 9.17) is 4.74 Å². The van der Waals surface area contributed by atoms with Gasteiger partial charge in [-0.1, -0.05) is 24.3 Å². The number of benzene rings is 2. The van der Waals surface area contributed by atoms with Gasteiger partial charge in [0.05, 0.1) is 6.61 Å². The zero-order valence-electron chi connectivity index (χ0n) is 13.8. The van der Waals surface area contributed by atoms with E-state index in [1.54, 1.807) is 0 Å². The lowest BCUT2D eigenvalue weighted by atomic mass is 10.0. The molecule has 0 unspecified atom stereocenters. The predicted octanol–water partition coefficient (Wildman–Crippen LogP) is 3.63. The highest BCUT2D eigenvalue weighted by molar-refractivity contribution is 5.94. The molecule has 0 aliphatic carbocycles. The first-order valence-electron chi connectivity index (χ1n) is 8.28. The van der Waals surface area contributed by atoms with Gasteiger partial charge in [-0.05, 0) is 61.6 Å². The Balaban J connectivity index is 1.75. The van der Waals surface area contributed by atoms with E-state index in [0.717, 1.165) is 42.8 Å². The van der Waals surface area contributed by atoms with Gasteiger partial charge in [-0.25, -0.2) is 0 Å². The molecular formula is C20H23NO2. The molecule has 0 atom stereocenters. The lowest BCUT2D eigenvalue weighted by Crippen LogP contribution is -2.33. The van der Waals surface area contributed by atoms with E-state index in [0.29, 0.717) is 6.61 Å². The zero-order chi connectivity index (χ0) is 16.2. The van der Waals surface area contributed by atoms with E-state index in [9.17, 15) is 4.79 Å². The van der Waals surface area contributed by atoms with E-state index >= 15 is 0 Å². The highest BCUT2D eigenvalue weighted by Crippen LogP contribution is 2.21. The van der Waals surface area contributed by atoms with Crippen LogP contribution in [-0.4, -0.2) is 30.5 Å². The first kappa shape index (κ1) is 15.6. The third-order valence-electron chi connectivity index (χ3n) is 4.43. The Kier molecular flexibility index (Phi) is 4.65. The molecule has 3 heteroatoms. The fraction of sp³-hybridized carbons (Fsp3) is 0.350. The molecule has 3 nitrogen and oxygen atoms in total. The molecule has 23 heavy (non-hydrogen) atoms. The fourth-order valence-corrected chi connectivity index (χ4v) is 3.15. The minimum absolute atomic E-state index is 0.115. The Morgan fingerprint density at radius 1 is 1.09 bits per heavy atom. The summed E-state index contributed by atoms with van der Waals surface area (Å²) in [6, 6.07) is 14.2. The van der Waals surface area contributed by atoms with Crippen LogP contribution in [0, 0.1) is 6.92 Å². The molecule has 1 aliphatic heterocycles. The molecule has 0 bridgehead atoms. The number of hydrogen-bond acceptors (Lipinski definition) is 2. The number of ether oxygens (including phenoxy) is 1. The Bertz CT molecular complexity index is 682. The first-order chi connectivity index (χ1) is 11.2. The van der Waals surface area contributed by atoms with Crippen molar-refractivity contribution in [3.8, 4) is 5.75 Å². The van der Waals surface area contributed by atoms with Crippen molar-refractivity contribution >= 4 is 5.91 Å². The molecule has 0 saturated carbocycles. The average Bonchev–Trinajstić information content (AvgIpc) is 2.79. The summed E-state index contributed by atoms with van der Waals surface area (Å²) < 4.78 is 5.55. The second kappa shape index (κ2) is 6.86. The Hall–Kier alpha value is -2.29. The molecule has 2 aromatic rings. The molecule has 0 saturated heterocycles. The molecule has 0 spiro atoms. The largest absolute Gasteiger partial charge is 0.494 e. The van der Waals surface area contributed by atoms with Crippen LogP contribution in [0.4, 0.5) is 0 Å². The first-order valence-corrected chi connectivity index (χ1v) is 8.28. The normalized spacial score (nSPS) is 14.1. The molecule has 120 valence electrons. The zero-order valence-corrected chi connectivity index (χ0v) is 13.8. The molecule has 1 heterocycles. The predicted molar refractivity (Wildman–Crippen MR) is 92.1 cm³/mol. The summed E-state index contributed by atoms with van der Waals surface area (Å²) in [5.74, 6) is 0.969. The van der Waals surface area contributed by atoms with Crippen LogP contribution >= 0.6 is 0 Å². The van der Waals surface area contributed by atoms with Crippen LogP contribution < -0.4 is 4.74 Å². The van der Waals surface area contributed by atoms with Gasteiger partial charge in [0, 0.05) is 18.7 Å². The minimum atomic E-state index is 0.115. The van der Waals surface area contributed by atoms with Crippen molar-refractivity contribution in [3.63, 3.8) is 0 Å². The summed E-state index contributed by atoms with van der Waals surface area (Å²) in [5, 5.41) is 0. The Morgan fingerprint density at radius 3 is 2.30 bits per heavy atom. The van der Waals surface area contributed by atoms with E-state index < -0.39 is 0 Å². The van der Waals surface area contributed by atoms with Crippen molar-refractivity contribution in [2.45, 2.75) is 26.7 Å². The van der Waals surface area contributed by atoms with Gasteiger partial charge in [-0.15, -0.1) is 0 Å². The van der Waals surface area contributed by atoms with E-state index in [1.165, 1.54) is 11.1 Å². The van der Waals surface area contributed by atoms with Gasteiger partial charge >= 0.3 is 0 Å². The topological polar surface area (TPSA) is 29.5 Å². The van der Waals surface area contributed by atoms with E-state index in [2.05, 4.69) is 24.3 Å². The van der Waals surface area contributed by atoms with Crippen LogP contribution in [0.2, 0.25) is 0 Å². The van der Waals surface area contributed by atoms with Crippen LogP contribution in [0.25, 0.3) is 0 Å². The monoisotopic (exact) mass is 309 g/mol. The van der Waals surface area contributed by atoms with Gasteiger partial charge in [0.15, 0.2) is 0 Å². The van der Waals surface area contributed by atoms with Gasteiger partial charge in [0.2, 0.25) is 0 Å². The number of aryl methyl sites for hydroxylation is 1. The van der Waals surface area contributed by atoms with E-state index in [-0.39, 0.29) is 5.91 Å². The number of fused-ring (bicyclic) bond motifs is 1. The van der Waals surface area contributed by atoms with Crippen molar-refractivity contribution in [3.05, 3.63) is 64.7 Å². The number of rotatable bonds is 3. The van der Waals surface area contributed by atoms with Crippen molar-refractivity contribution in [2.24, 2.45) is 0 Å². The Labute approximate surface area is 137 Å². The summed E-state index contributed by atoms with van der Waals surface area (Å²) in [6.07, 6.45) is 1.86. The molecule has 1 amide bonds. The average molecular weight is 309 g/mol. The number of carbonyl (C=O) groups is 1. The summed E-state index contributed by atoms with van der Waals surface area (Å²) in [5.41, 5.74) is 4.49. The van der Waals surface area contributed by atoms with Crippen LogP contribution in [0.3, 0.4) is 0 Å². The van der Waals surface area contributed by atoms with Gasteiger partial charge in [0.25, 0.3) is 5.91 Å². The lowest BCUT2D eigenvalue weighted by Gasteiger charge is -2.21. The molecule has 0 fully saturated rings. The summed E-state index contributed by atoms with van der Waals surface area (Å²) in [6.45, 7) is 6.15. The van der Waals surface area contributed by atoms with Crippen LogP contribution in [0.5, 0.6) is 5.75 Å². The minimum Gasteiger partial charge on any atom is -0.494 e. The van der Waals surface area contributed by atoms with Crippen molar-refractivity contribution in [2.75, 3.05) is 19.7 Å². The van der Waals surface area contributed by atoms with Crippen LogP contribution in [-0.2, 0) is 12.8 Å². The second-order valence-corrected chi connectivity index (χ2v) is 5.97. The number of carbonyl (C=O) groups excluding carboxylic acids is 1. The molecule has 3 rings (SSSR count). The number of amides is 1. The van der Waals surface area contributed by atoms with Gasteiger partial charge in [-0.3, -0.25) is 4.79 Å². The highest BCUT2D eigenvalue weighted by atomic mass is 16.5. The number of hydrogen-bond donors (Lipinski definition) is 0. The summed E-state index contributed by atoms with van der Waals surface area (Å²) in [7, 11) is 0. The standard InChI is InChI=1S/C20H23NO2/c1-3-23-19-9-8-18(14-15(19)2)20(22)21-12-10-16-6-4-5-7-17(16)11-13-21/h4-9,14H,3,10-13H2,1-2H3. The van der Waals surface area contributed by atoms with Crippen LogP contribution in [0.1, 0.15) is 34.0 Å². The highest BCUT2D eigenvalue weighted by Gasteiger charge is 2.20. The fourth-order valence-electron chi connectivity index (χ4n) is 3.15. The van der Waals surface area contributed by atoms with Crippen molar-refractivity contribution in [1.29, 1.82) is 0 Å². The quantitative estimate of drug-likeness (QED) is 0.866. The SMILES string of the molecule is CCOc1ccc(C(=O)N2CCc3ccccc3CC2)cc1C. The summed E-state index contributed by atoms with van der Waals surface area (Å²) >= 11 is 0. The maximum atomic E-state index is 12.8.